The van der Waals surface area contributed by atoms with Gasteiger partial charge in [0.1, 0.15) is 23.1 Å². The van der Waals surface area contributed by atoms with Gasteiger partial charge in [0, 0.05) is 24.7 Å². The Kier molecular flexibility index (Phi) is 3.88. The zero-order chi connectivity index (χ0) is 14.7. The van der Waals surface area contributed by atoms with E-state index >= 15 is 0 Å². The average molecular weight is 282 g/mol. The molecule has 0 aromatic heterocycles. The second-order valence-corrected chi connectivity index (χ2v) is 4.05. The first-order valence-electron chi connectivity index (χ1n) is 5.58. The first kappa shape index (κ1) is 13.9. The van der Waals surface area contributed by atoms with Gasteiger partial charge in [-0.1, -0.05) is 0 Å². The molecule has 0 aliphatic heterocycles. The van der Waals surface area contributed by atoms with E-state index in [1.54, 1.807) is 0 Å². The smallest absolute Gasteiger partial charge is 0.292 e. The summed E-state index contributed by atoms with van der Waals surface area (Å²) in [5, 5.41) is 13.4. The highest BCUT2D eigenvalue weighted by Gasteiger charge is 2.14. The second kappa shape index (κ2) is 5.60. The molecule has 0 spiro atoms. The number of nitrogens with one attached hydrogen (secondary N) is 1. The summed E-state index contributed by atoms with van der Waals surface area (Å²) in [5.74, 6) is -2.16. The molecule has 2 aromatic rings. The average Bonchev–Trinajstić information content (AvgIpc) is 2.35. The molecule has 0 atom stereocenters. The van der Waals surface area contributed by atoms with Crippen LogP contribution in [0.15, 0.2) is 36.4 Å². The quantitative estimate of drug-likeness (QED) is 0.688. The van der Waals surface area contributed by atoms with Crippen molar-refractivity contribution in [2.24, 2.45) is 0 Å². The molecular formula is C13H9F3N2O2. The van der Waals surface area contributed by atoms with E-state index in [0.29, 0.717) is 6.07 Å². The summed E-state index contributed by atoms with van der Waals surface area (Å²) in [4.78, 5) is 10.1. The number of hydrogen-bond acceptors (Lipinski definition) is 3. The van der Waals surface area contributed by atoms with E-state index < -0.39 is 22.4 Å². The Bertz CT molecular complexity index is 642. The Morgan fingerprint density at radius 2 is 1.65 bits per heavy atom. The largest absolute Gasteiger partial charge is 0.375 e. The maximum Gasteiger partial charge on any atom is 0.292 e. The molecule has 104 valence electrons. The van der Waals surface area contributed by atoms with Crippen LogP contribution in [0.1, 0.15) is 5.56 Å². The molecule has 20 heavy (non-hydrogen) atoms. The zero-order valence-electron chi connectivity index (χ0n) is 10.1. The number of rotatable bonds is 4. The lowest BCUT2D eigenvalue weighted by atomic mass is 10.2. The third kappa shape index (κ3) is 3.25. The number of benzene rings is 2. The summed E-state index contributed by atoms with van der Waals surface area (Å²) in [6.45, 7) is -0.0705. The number of nitro benzene ring substituents is 1. The normalized spacial score (nSPS) is 10.3. The minimum atomic E-state index is -0.754. The summed E-state index contributed by atoms with van der Waals surface area (Å²) in [6, 6.07) is 5.82. The maximum atomic E-state index is 13.1. The van der Waals surface area contributed by atoms with Crippen LogP contribution in [0.2, 0.25) is 0 Å². The number of nitro groups is 1. The van der Waals surface area contributed by atoms with Crippen molar-refractivity contribution in [2.45, 2.75) is 6.54 Å². The summed E-state index contributed by atoms with van der Waals surface area (Å²) >= 11 is 0. The number of halogens is 3. The SMILES string of the molecule is O=[N+]([O-])c1ccc(F)cc1NCc1cc(F)cc(F)c1. The van der Waals surface area contributed by atoms with Crippen molar-refractivity contribution < 1.29 is 18.1 Å². The summed E-state index contributed by atoms with van der Waals surface area (Å²) in [5.41, 5.74) is -0.121. The standard InChI is InChI=1S/C13H9F3N2O2/c14-9-1-2-13(18(19)20)12(6-9)17-7-8-3-10(15)5-11(16)4-8/h1-6,17H,7H2. The van der Waals surface area contributed by atoms with Crippen LogP contribution in [-0.2, 0) is 6.54 Å². The minimum absolute atomic E-state index is 0.0559. The fourth-order valence-corrected chi connectivity index (χ4v) is 1.72. The molecule has 1 N–H and O–H groups in total. The van der Waals surface area contributed by atoms with Crippen molar-refractivity contribution in [1.82, 2.24) is 0 Å². The van der Waals surface area contributed by atoms with E-state index in [-0.39, 0.29) is 23.5 Å². The third-order valence-corrected chi connectivity index (χ3v) is 2.56. The molecule has 0 fully saturated rings. The van der Waals surface area contributed by atoms with E-state index in [9.17, 15) is 23.3 Å². The predicted octanol–water partition coefficient (Wildman–Crippen LogP) is 3.62. The highest BCUT2D eigenvalue weighted by Crippen LogP contribution is 2.25. The Morgan fingerprint density at radius 1 is 1.00 bits per heavy atom. The molecule has 0 amide bonds. The molecule has 2 rings (SSSR count). The topological polar surface area (TPSA) is 55.2 Å². The fourth-order valence-electron chi connectivity index (χ4n) is 1.72. The predicted molar refractivity (Wildman–Crippen MR) is 66.7 cm³/mol. The number of nitrogens with zero attached hydrogens (tertiary/aromatic N) is 1. The fraction of sp³-hybridized carbons (Fsp3) is 0.0769. The van der Waals surface area contributed by atoms with Gasteiger partial charge in [-0.25, -0.2) is 13.2 Å². The second-order valence-electron chi connectivity index (χ2n) is 4.05. The Morgan fingerprint density at radius 3 is 2.25 bits per heavy atom. The molecule has 2 aromatic carbocycles. The van der Waals surface area contributed by atoms with Crippen molar-refractivity contribution in [3.05, 3.63) is 69.5 Å². The number of hydrogen-bond donors (Lipinski definition) is 1. The Labute approximate surface area is 112 Å². The van der Waals surface area contributed by atoms with Crippen LogP contribution in [0, 0.1) is 27.6 Å². The van der Waals surface area contributed by atoms with Crippen molar-refractivity contribution in [2.75, 3.05) is 5.32 Å². The van der Waals surface area contributed by atoms with E-state index in [1.165, 1.54) is 0 Å². The van der Waals surface area contributed by atoms with Gasteiger partial charge in [0.15, 0.2) is 0 Å². The van der Waals surface area contributed by atoms with Crippen LogP contribution >= 0.6 is 0 Å². The van der Waals surface area contributed by atoms with Gasteiger partial charge in [0.2, 0.25) is 0 Å². The van der Waals surface area contributed by atoms with E-state index in [2.05, 4.69) is 5.32 Å². The van der Waals surface area contributed by atoms with Gasteiger partial charge in [0.25, 0.3) is 5.69 Å². The van der Waals surface area contributed by atoms with Crippen molar-refractivity contribution in [3.63, 3.8) is 0 Å². The number of anilines is 1. The van der Waals surface area contributed by atoms with Gasteiger partial charge in [-0.3, -0.25) is 10.1 Å². The lowest BCUT2D eigenvalue weighted by molar-refractivity contribution is -0.384. The zero-order valence-corrected chi connectivity index (χ0v) is 10.1. The molecule has 0 heterocycles. The minimum Gasteiger partial charge on any atom is -0.375 e. The van der Waals surface area contributed by atoms with Gasteiger partial charge < -0.3 is 5.32 Å². The van der Waals surface area contributed by atoms with E-state index in [4.69, 9.17) is 0 Å². The van der Waals surface area contributed by atoms with Crippen molar-refractivity contribution >= 4 is 11.4 Å². The molecular weight excluding hydrogens is 273 g/mol. The summed E-state index contributed by atoms with van der Waals surface area (Å²) in [7, 11) is 0. The lowest BCUT2D eigenvalue weighted by Gasteiger charge is -2.07. The molecule has 4 nitrogen and oxygen atoms in total. The van der Waals surface area contributed by atoms with Crippen LogP contribution in [0.5, 0.6) is 0 Å². The van der Waals surface area contributed by atoms with Crippen LogP contribution in [0.4, 0.5) is 24.5 Å². The van der Waals surface area contributed by atoms with Crippen LogP contribution in [-0.4, -0.2) is 4.92 Å². The van der Waals surface area contributed by atoms with Crippen LogP contribution in [0.25, 0.3) is 0 Å². The molecule has 7 heteroatoms. The Balaban J connectivity index is 2.22. The van der Waals surface area contributed by atoms with Crippen molar-refractivity contribution in [3.8, 4) is 0 Å². The van der Waals surface area contributed by atoms with E-state index in [1.807, 2.05) is 0 Å². The monoisotopic (exact) mass is 282 g/mol. The van der Waals surface area contributed by atoms with Crippen LogP contribution < -0.4 is 5.32 Å². The molecule has 0 saturated carbocycles. The first-order chi connectivity index (χ1) is 9.45. The molecule has 0 unspecified atom stereocenters. The highest BCUT2D eigenvalue weighted by atomic mass is 19.1. The van der Waals surface area contributed by atoms with Gasteiger partial charge in [-0.05, 0) is 23.8 Å². The lowest BCUT2D eigenvalue weighted by Crippen LogP contribution is -2.04. The van der Waals surface area contributed by atoms with Gasteiger partial charge in [-0.2, -0.15) is 0 Å². The van der Waals surface area contributed by atoms with Gasteiger partial charge in [-0.15, -0.1) is 0 Å². The summed E-state index contributed by atoms with van der Waals surface area (Å²) in [6.07, 6.45) is 0. The van der Waals surface area contributed by atoms with Gasteiger partial charge >= 0.3 is 0 Å². The maximum absolute atomic E-state index is 13.1. The molecule has 0 bridgehead atoms. The molecule has 0 saturated heterocycles. The van der Waals surface area contributed by atoms with Crippen LogP contribution in [0.3, 0.4) is 0 Å². The Hall–Kier alpha value is -2.57. The first-order valence-corrected chi connectivity index (χ1v) is 5.58. The van der Waals surface area contributed by atoms with Crippen molar-refractivity contribution in [1.29, 1.82) is 0 Å². The third-order valence-electron chi connectivity index (χ3n) is 2.56. The van der Waals surface area contributed by atoms with E-state index in [0.717, 1.165) is 30.3 Å². The highest BCUT2D eigenvalue weighted by molar-refractivity contribution is 5.61. The molecule has 0 aliphatic rings. The van der Waals surface area contributed by atoms with Gasteiger partial charge in [0.05, 0.1) is 4.92 Å². The summed E-state index contributed by atoms with van der Waals surface area (Å²) < 4.78 is 39.1. The molecule has 0 radical (unpaired) electrons. The molecule has 0 aliphatic carbocycles.